The minimum absolute atomic E-state index is 0.00194. The van der Waals surface area contributed by atoms with Gasteiger partial charge in [0.2, 0.25) is 0 Å². The molecular weight excluding hydrogens is 386 g/mol. The van der Waals surface area contributed by atoms with Crippen molar-refractivity contribution in [2.45, 2.75) is 64.8 Å². The summed E-state index contributed by atoms with van der Waals surface area (Å²) in [6.45, 7) is 8.24. The van der Waals surface area contributed by atoms with Gasteiger partial charge in [-0.1, -0.05) is 26.7 Å². The Labute approximate surface area is 186 Å². The van der Waals surface area contributed by atoms with Crippen LogP contribution in [0.5, 0.6) is 0 Å². The number of rotatable bonds is 7. The van der Waals surface area contributed by atoms with Gasteiger partial charge in [-0.2, -0.15) is 0 Å². The summed E-state index contributed by atoms with van der Waals surface area (Å²) >= 11 is 0. The lowest BCUT2D eigenvalue weighted by Crippen LogP contribution is -2.48. The summed E-state index contributed by atoms with van der Waals surface area (Å²) in [5.74, 6) is 2.93. The molecule has 1 aliphatic carbocycles. The third-order valence-corrected chi connectivity index (χ3v) is 6.91. The van der Waals surface area contributed by atoms with Gasteiger partial charge in [0.05, 0.1) is 5.56 Å². The zero-order chi connectivity index (χ0) is 21.6. The average Bonchev–Trinajstić information content (AvgIpc) is 3.30. The highest BCUT2D eigenvalue weighted by Crippen LogP contribution is 2.29. The summed E-state index contributed by atoms with van der Waals surface area (Å²) in [7, 11) is 0. The Morgan fingerprint density at radius 1 is 1.19 bits per heavy atom. The van der Waals surface area contributed by atoms with Gasteiger partial charge in [0.1, 0.15) is 12.1 Å². The predicted octanol–water partition coefficient (Wildman–Crippen LogP) is 4.31. The van der Waals surface area contributed by atoms with Crippen LogP contribution in [0.15, 0.2) is 37.1 Å². The van der Waals surface area contributed by atoms with Crippen LogP contribution in [0, 0.1) is 17.8 Å². The third kappa shape index (κ3) is 5.94. The van der Waals surface area contributed by atoms with Crippen molar-refractivity contribution in [2.75, 3.05) is 19.6 Å². The summed E-state index contributed by atoms with van der Waals surface area (Å²) in [6.07, 6.45) is 15.8. The fourth-order valence-corrected chi connectivity index (χ4v) is 5.44. The Kier molecular flexibility index (Phi) is 7.38. The molecule has 0 bridgehead atoms. The standard InChI is InChI=1S/C25H37N5O/c1-19(2)14-20-6-5-12-29(16-20)17-22-7-3-4-8-23(22)28-25(31)21-9-10-24(27-15-21)30-13-11-26-18-30/h9-11,13,15,18-20,22-23H,3-8,12,14,16-17H2,1-2H3,(H,28,31)/t20?,22-,23+/m0/s1. The number of nitrogens with one attached hydrogen (secondary N) is 1. The molecule has 0 radical (unpaired) electrons. The molecule has 2 aromatic heterocycles. The van der Waals surface area contributed by atoms with Crippen molar-refractivity contribution in [1.82, 2.24) is 24.8 Å². The Morgan fingerprint density at radius 3 is 2.81 bits per heavy atom. The molecule has 0 aromatic carbocycles. The van der Waals surface area contributed by atoms with Gasteiger partial charge in [-0.25, -0.2) is 9.97 Å². The Bertz CT molecular complexity index is 817. The second-order valence-corrected chi connectivity index (χ2v) is 9.90. The molecule has 2 aromatic rings. The van der Waals surface area contributed by atoms with Gasteiger partial charge in [0.15, 0.2) is 0 Å². The molecule has 2 aliphatic rings. The van der Waals surface area contributed by atoms with Crippen LogP contribution in [0.2, 0.25) is 0 Å². The number of imidazole rings is 1. The summed E-state index contributed by atoms with van der Waals surface area (Å²) < 4.78 is 1.84. The van der Waals surface area contributed by atoms with Gasteiger partial charge in [-0.05, 0) is 68.5 Å². The van der Waals surface area contributed by atoms with Crippen LogP contribution in [0.3, 0.4) is 0 Å². The Hall–Kier alpha value is -2.21. The topological polar surface area (TPSA) is 63.1 Å². The van der Waals surface area contributed by atoms with Crippen molar-refractivity contribution in [2.24, 2.45) is 17.8 Å². The van der Waals surface area contributed by atoms with E-state index in [1.165, 1.54) is 51.6 Å². The number of nitrogens with zero attached hydrogens (tertiary/aromatic N) is 4. The molecule has 6 nitrogen and oxygen atoms in total. The number of hydrogen-bond acceptors (Lipinski definition) is 4. The molecule has 31 heavy (non-hydrogen) atoms. The lowest BCUT2D eigenvalue weighted by molar-refractivity contribution is 0.0848. The first-order valence-electron chi connectivity index (χ1n) is 12.1. The van der Waals surface area contributed by atoms with Crippen molar-refractivity contribution in [3.8, 4) is 5.82 Å². The van der Waals surface area contributed by atoms with E-state index in [-0.39, 0.29) is 11.9 Å². The van der Waals surface area contributed by atoms with Gasteiger partial charge < -0.3 is 10.2 Å². The van der Waals surface area contributed by atoms with Crippen LogP contribution in [0.25, 0.3) is 5.82 Å². The molecule has 1 aliphatic heterocycles. The first-order valence-corrected chi connectivity index (χ1v) is 12.1. The van der Waals surface area contributed by atoms with Crippen LogP contribution in [-0.2, 0) is 0 Å². The summed E-state index contributed by atoms with van der Waals surface area (Å²) in [5.41, 5.74) is 0.628. The molecule has 1 saturated carbocycles. The van der Waals surface area contributed by atoms with E-state index >= 15 is 0 Å². The normalized spacial score (nSPS) is 24.9. The molecule has 6 heteroatoms. The Morgan fingerprint density at radius 2 is 2.06 bits per heavy atom. The molecule has 1 amide bonds. The van der Waals surface area contributed by atoms with E-state index in [0.717, 1.165) is 30.6 Å². The van der Waals surface area contributed by atoms with Crippen LogP contribution in [0.1, 0.15) is 69.2 Å². The number of amides is 1. The molecule has 1 saturated heterocycles. The monoisotopic (exact) mass is 423 g/mol. The maximum absolute atomic E-state index is 12.9. The predicted molar refractivity (Wildman–Crippen MR) is 123 cm³/mol. The van der Waals surface area contributed by atoms with Crippen molar-refractivity contribution < 1.29 is 4.79 Å². The second-order valence-electron chi connectivity index (χ2n) is 9.90. The van der Waals surface area contributed by atoms with Gasteiger partial charge >= 0.3 is 0 Å². The smallest absolute Gasteiger partial charge is 0.253 e. The van der Waals surface area contributed by atoms with Crippen LogP contribution in [0.4, 0.5) is 0 Å². The lowest BCUT2D eigenvalue weighted by Gasteiger charge is -2.39. The summed E-state index contributed by atoms with van der Waals surface area (Å²) in [4.78, 5) is 24.1. The van der Waals surface area contributed by atoms with Crippen LogP contribution in [-0.4, -0.2) is 51.0 Å². The number of carbonyl (C=O) groups excluding carboxylic acids is 1. The molecule has 1 N–H and O–H groups in total. The van der Waals surface area contributed by atoms with E-state index in [9.17, 15) is 4.79 Å². The largest absolute Gasteiger partial charge is 0.349 e. The fraction of sp³-hybridized carbons (Fsp3) is 0.640. The molecule has 3 heterocycles. The molecule has 2 fully saturated rings. The maximum Gasteiger partial charge on any atom is 0.253 e. The molecule has 3 atom stereocenters. The first-order chi connectivity index (χ1) is 15.1. The zero-order valence-electron chi connectivity index (χ0n) is 19.0. The van der Waals surface area contributed by atoms with Gasteiger partial charge in [0, 0.05) is 37.7 Å². The highest BCUT2D eigenvalue weighted by Gasteiger charge is 2.30. The molecular formula is C25H37N5O. The quantitative estimate of drug-likeness (QED) is 0.721. The molecule has 4 rings (SSSR count). The number of aromatic nitrogens is 3. The zero-order valence-corrected chi connectivity index (χ0v) is 19.0. The third-order valence-electron chi connectivity index (χ3n) is 6.91. The summed E-state index contributed by atoms with van der Waals surface area (Å²) in [5, 5.41) is 3.35. The van der Waals surface area contributed by atoms with Crippen molar-refractivity contribution in [1.29, 1.82) is 0 Å². The van der Waals surface area contributed by atoms with E-state index in [1.54, 1.807) is 18.7 Å². The molecule has 168 valence electrons. The van der Waals surface area contributed by atoms with Crippen molar-refractivity contribution >= 4 is 5.91 Å². The highest BCUT2D eigenvalue weighted by molar-refractivity contribution is 5.94. The van der Waals surface area contributed by atoms with Crippen molar-refractivity contribution in [3.05, 3.63) is 42.6 Å². The van der Waals surface area contributed by atoms with Crippen molar-refractivity contribution in [3.63, 3.8) is 0 Å². The van der Waals surface area contributed by atoms with Crippen LogP contribution < -0.4 is 5.32 Å². The second kappa shape index (κ2) is 10.4. The molecule has 0 spiro atoms. The van der Waals surface area contributed by atoms with Crippen LogP contribution >= 0.6 is 0 Å². The minimum atomic E-state index is -0.00194. The summed E-state index contributed by atoms with van der Waals surface area (Å²) in [6, 6.07) is 3.99. The molecule has 1 unspecified atom stereocenters. The highest BCUT2D eigenvalue weighted by atomic mass is 16.1. The van der Waals surface area contributed by atoms with Gasteiger partial charge in [0.25, 0.3) is 5.91 Å². The number of likely N-dealkylation sites (tertiary alicyclic amines) is 1. The number of pyridine rings is 1. The van der Waals surface area contributed by atoms with E-state index in [0.29, 0.717) is 11.5 Å². The number of piperidine rings is 1. The maximum atomic E-state index is 12.9. The number of hydrogen-bond donors (Lipinski definition) is 1. The minimum Gasteiger partial charge on any atom is -0.349 e. The number of carbonyl (C=O) groups is 1. The fourth-order valence-electron chi connectivity index (χ4n) is 5.44. The van der Waals surface area contributed by atoms with Gasteiger partial charge in [-0.15, -0.1) is 0 Å². The van der Waals surface area contributed by atoms with E-state index in [1.807, 2.05) is 22.9 Å². The average molecular weight is 424 g/mol. The lowest BCUT2D eigenvalue weighted by atomic mass is 9.82. The van der Waals surface area contributed by atoms with E-state index < -0.39 is 0 Å². The Balaban J connectivity index is 1.34. The SMILES string of the molecule is CC(C)CC1CCCN(C[C@@H]2CCCC[C@H]2NC(=O)c2ccc(-n3ccnc3)nc2)C1. The van der Waals surface area contributed by atoms with E-state index in [2.05, 4.69) is 34.0 Å². The van der Waals surface area contributed by atoms with E-state index in [4.69, 9.17) is 0 Å². The van der Waals surface area contributed by atoms with Gasteiger partial charge in [-0.3, -0.25) is 9.36 Å². The first kappa shape index (κ1) is 22.0.